The molecule has 0 aliphatic heterocycles. The monoisotopic (exact) mass is 225 g/mol. The lowest BCUT2D eigenvalue weighted by Gasteiger charge is -2.19. The maximum absolute atomic E-state index is 9.59. The fraction of sp³-hybridized carbons (Fsp3) is 0.615. The summed E-state index contributed by atoms with van der Waals surface area (Å²) in [5, 5.41) is 16.1. The second kappa shape index (κ2) is 10.9. The van der Waals surface area contributed by atoms with E-state index in [2.05, 4.69) is 23.8 Å². The van der Waals surface area contributed by atoms with E-state index in [1.807, 2.05) is 19.1 Å². The summed E-state index contributed by atoms with van der Waals surface area (Å²) in [6.07, 6.45) is 5.19. The van der Waals surface area contributed by atoms with Crippen molar-refractivity contribution >= 4 is 0 Å². The lowest BCUT2D eigenvalue weighted by atomic mass is 9.96. The van der Waals surface area contributed by atoms with Gasteiger partial charge in [0.25, 0.3) is 0 Å². The maximum Gasteiger partial charge on any atom is 0.0575 e. The standard InChI is InChI=1S/C13H25N2O/c1-4-8-14-10-6-13(12(3)16)7-11-15-9-5-2/h4-5,12,14-16H,1-2,6-11H2,3H3. The van der Waals surface area contributed by atoms with E-state index in [9.17, 15) is 5.11 Å². The first-order valence-electron chi connectivity index (χ1n) is 5.88. The number of aliphatic hydroxyl groups is 1. The van der Waals surface area contributed by atoms with Gasteiger partial charge >= 0.3 is 0 Å². The third-order valence-electron chi connectivity index (χ3n) is 2.41. The second-order valence-electron chi connectivity index (χ2n) is 3.82. The van der Waals surface area contributed by atoms with Crippen molar-refractivity contribution < 1.29 is 5.11 Å². The molecule has 1 atom stereocenters. The Bertz CT molecular complexity index is 165. The van der Waals surface area contributed by atoms with E-state index in [1.54, 1.807) is 0 Å². The van der Waals surface area contributed by atoms with Crippen LogP contribution in [0.2, 0.25) is 0 Å². The molecule has 0 rings (SSSR count). The third kappa shape index (κ3) is 8.65. The zero-order chi connectivity index (χ0) is 12.2. The lowest BCUT2D eigenvalue weighted by molar-refractivity contribution is 0.194. The molecule has 0 saturated heterocycles. The molecule has 0 aliphatic rings. The minimum absolute atomic E-state index is 0.323. The van der Waals surface area contributed by atoms with Crippen LogP contribution < -0.4 is 10.6 Å². The maximum atomic E-state index is 9.59. The first kappa shape index (κ1) is 15.4. The topological polar surface area (TPSA) is 44.3 Å². The molecule has 93 valence electrons. The molecule has 0 fully saturated rings. The number of aliphatic hydroxyl groups excluding tert-OH is 1. The first-order valence-corrected chi connectivity index (χ1v) is 5.88. The molecule has 1 radical (unpaired) electrons. The zero-order valence-corrected chi connectivity index (χ0v) is 10.3. The van der Waals surface area contributed by atoms with Gasteiger partial charge in [-0.15, -0.1) is 13.2 Å². The Balaban J connectivity index is 3.62. The van der Waals surface area contributed by atoms with Crippen LogP contribution in [0.15, 0.2) is 25.3 Å². The Labute approximate surface area is 99.6 Å². The largest absolute Gasteiger partial charge is 0.393 e. The molecule has 0 bridgehead atoms. The highest BCUT2D eigenvalue weighted by molar-refractivity contribution is 4.96. The van der Waals surface area contributed by atoms with Gasteiger partial charge in [0.2, 0.25) is 0 Å². The second-order valence-corrected chi connectivity index (χ2v) is 3.82. The number of rotatable bonds is 11. The van der Waals surface area contributed by atoms with Crippen LogP contribution in [0.4, 0.5) is 0 Å². The van der Waals surface area contributed by atoms with Gasteiger partial charge in [-0.05, 0) is 32.9 Å². The fourth-order valence-electron chi connectivity index (χ4n) is 1.45. The molecule has 0 aromatic carbocycles. The quantitative estimate of drug-likeness (QED) is 0.366. The van der Waals surface area contributed by atoms with E-state index in [0.29, 0.717) is 0 Å². The van der Waals surface area contributed by atoms with Crippen molar-refractivity contribution in [2.24, 2.45) is 0 Å². The Kier molecular flexibility index (Phi) is 10.4. The molecule has 1 unspecified atom stereocenters. The summed E-state index contributed by atoms with van der Waals surface area (Å²) >= 11 is 0. The third-order valence-corrected chi connectivity index (χ3v) is 2.41. The van der Waals surface area contributed by atoms with E-state index >= 15 is 0 Å². The van der Waals surface area contributed by atoms with Crippen LogP contribution in [0.3, 0.4) is 0 Å². The molecule has 0 amide bonds. The normalized spacial score (nSPS) is 12.7. The first-order chi connectivity index (χ1) is 7.72. The van der Waals surface area contributed by atoms with Gasteiger partial charge in [-0.1, -0.05) is 12.2 Å². The molecule has 0 heterocycles. The number of hydrogen-bond acceptors (Lipinski definition) is 3. The van der Waals surface area contributed by atoms with Gasteiger partial charge in [0.1, 0.15) is 0 Å². The van der Waals surface area contributed by atoms with Crippen molar-refractivity contribution in [1.82, 2.24) is 10.6 Å². The van der Waals surface area contributed by atoms with Crippen LogP contribution in [-0.2, 0) is 0 Å². The Hall–Kier alpha value is -0.640. The summed E-state index contributed by atoms with van der Waals surface area (Å²) in [5.41, 5.74) is 0. The zero-order valence-electron chi connectivity index (χ0n) is 10.3. The highest BCUT2D eigenvalue weighted by atomic mass is 16.3. The van der Waals surface area contributed by atoms with Gasteiger partial charge in [0, 0.05) is 19.0 Å². The van der Waals surface area contributed by atoms with E-state index in [0.717, 1.165) is 39.0 Å². The summed E-state index contributed by atoms with van der Waals surface area (Å²) in [7, 11) is 0. The van der Waals surface area contributed by atoms with Gasteiger partial charge in [-0.25, -0.2) is 0 Å². The number of hydrogen-bond donors (Lipinski definition) is 3. The van der Waals surface area contributed by atoms with Crippen LogP contribution in [0, 0.1) is 5.92 Å². The summed E-state index contributed by atoms with van der Waals surface area (Å²) < 4.78 is 0. The van der Waals surface area contributed by atoms with Crippen LogP contribution in [0.1, 0.15) is 19.8 Å². The van der Waals surface area contributed by atoms with Crippen molar-refractivity contribution in [2.75, 3.05) is 26.2 Å². The minimum atomic E-state index is -0.323. The Morgan fingerprint density at radius 1 is 1.12 bits per heavy atom. The van der Waals surface area contributed by atoms with Crippen molar-refractivity contribution in [3.05, 3.63) is 31.2 Å². The predicted octanol–water partition coefficient (Wildman–Crippen LogP) is 1.27. The molecule has 0 aromatic rings. The average molecular weight is 225 g/mol. The van der Waals surface area contributed by atoms with Gasteiger partial charge in [0.15, 0.2) is 0 Å². The van der Waals surface area contributed by atoms with Crippen molar-refractivity contribution in [3.63, 3.8) is 0 Å². The SMILES string of the molecule is C=CCNCC[C](CCNCC=C)C(C)O. The molecule has 3 N–H and O–H groups in total. The van der Waals surface area contributed by atoms with Gasteiger partial charge in [0.05, 0.1) is 6.10 Å². The molecular weight excluding hydrogens is 200 g/mol. The van der Waals surface area contributed by atoms with E-state index in [4.69, 9.17) is 0 Å². The van der Waals surface area contributed by atoms with Gasteiger partial charge < -0.3 is 15.7 Å². The van der Waals surface area contributed by atoms with Crippen LogP contribution >= 0.6 is 0 Å². The van der Waals surface area contributed by atoms with Crippen LogP contribution in [0.5, 0.6) is 0 Å². The Morgan fingerprint density at radius 3 is 1.88 bits per heavy atom. The summed E-state index contributed by atoms with van der Waals surface area (Å²) in [6, 6.07) is 0. The average Bonchev–Trinajstić information content (AvgIpc) is 2.26. The summed E-state index contributed by atoms with van der Waals surface area (Å²) in [5.74, 6) is 1.19. The van der Waals surface area contributed by atoms with E-state index in [1.165, 1.54) is 5.92 Å². The van der Waals surface area contributed by atoms with Crippen molar-refractivity contribution in [1.29, 1.82) is 0 Å². The highest BCUT2D eigenvalue weighted by Crippen LogP contribution is 2.15. The highest BCUT2D eigenvalue weighted by Gasteiger charge is 2.14. The minimum Gasteiger partial charge on any atom is -0.393 e. The molecule has 3 heteroatoms. The summed E-state index contributed by atoms with van der Waals surface area (Å²) in [6.45, 7) is 12.6. The summed E-state index contributed by atoms with van der Waals surface area (Å²) in [4.78, 5) is 0. The smallest absolute Gasteiger partial charge is 0.0575 e. The predicted molar refractivity (Wildman–Crippen MR) is 70.3 cm³/mol. The Morgan fingerprint density at radius 2 is 1.56 bits per heavy atom. The van der Waals surface area contributed by atoms with E-state index < -0.39 is 0 Å². The molecule has 16 heavy (non-hydrogen) atoms. The van der Waals surface area contributed by atoms with Gasteiger partial charge in [-0.2, -0.15) is 0 Å². The lowest BCUT2D eigenvalue weighted by Crippen LogP contribution is -2.26. The molecule has 0 aliphatic carbocycles. The fourth-order valence-corrected chi connectivity index (χ4v) is 1.45. The molecular formula is C13H25N2O. The number of nitrogens with one attached hydrogen (secondary N) is 2. The molecule has 0 aromatic heterocycles. The van der Waals surface area contributed by atoms with Crippen molar-refractivity contribution in [2.45, 2.75) is 25.9 Å². The van der Waals surface area contributed by atoms with Crippen LogP contribution in [0.25, 0.3) is 0 Å². The van der Waals surface area contributed by atoms with Crippen LogP contribution in [-0.4, -0.2) is 37.4 Å². The van der Waals surface area contributed by atoms with Gasteiger partial charge in [-0.3, -0.25) is 0 Å². The molecule has 0 spiro atoms. The molecule has 3 nitrogen and oxygen atoms in total. The van der Waals surface area contributed by atoms with Crippen molar-refractivity contribution in [3.8, 4) is 0 Å². The van der Waals surface area contributed by atoms with E-state index in [-0.39, 0.29) is 6.10 Å². The molecule has 0 saturated carbocycles.